The first-order chi connectivity index (χ1) is 9.25. The first-order valence-corrected chi connectivity index (χ1v) is 7.62. The molecule has 4 nitrogen and oxygen atoms in total. The van der Waals surface area contributed by atoms with Crippen LogP contribution in [0, 0.1) is 0 Å². The molecule has 2 rings (SSSR count). The molecular weight excluding hydrogens is 318 g/mol. The zero-order chi connectivity index (χ0) is 15.1. The minimum atomic E-state index is -0.536. The molecule has 1 aliphatic rings. The van der Waals surface area contributed by atoms with Crippen molar-refractivity contribution in [2.75, 3.05) is 25.0 Å². The fourth-order valence-electron chi connectivity index (χ4n) is 2.66. The topological polar surface area (TPSA) is 49.6 Å². The number of amides is 1. The van der Waals surface area contributed by atoms with Crippen LogP contribution in [0.1, 0.15) is 32.4 Å². The van der Waals surface area contributed by atoms with Gasteiger partial charge in [-0.3, -0.25) is 4.79 Å². The van der Waals surface area contributed by atoms with E-state index in [0.29, 0.717) is 0 Å². The average molecular weight is 340 g/mol. The van der Waals surface area contributed by atoms with E-state index in [9.17, 15) is 4.79 Å². The van der Waals surface area contributed by atoms with Crippen molar-refractivity contribution < 1.29 is 4.79 Å². The van der Waals surface area contributed by atoms with Crippen LogP contribution in [0.3, 0.4) is 0 Å². The Bertz CT molecular complexity index is 528. The number of halogens is 1. The number of likely N-dealkylation sites (N-methyl/N-ethyl adjacent to an activating group) is 1. The number of piperazine rings is 1. The molecule has 0 aliphatic carbocycles. The molecular formula is C15H22BrN3O. The minimum Gasteiger partial charge on any atom is -0.355 e. The van der Waals surface area contributed by atoms with Crippen molar-refractivity contribution in [3.8, 4) is 0 Å². The van der Waals surface area contributed by atoms with Gasteiger partial charge in [-0.2, -0.15) is 0 Å². The first-order valence-electron chi connectivity index (χ1n) is 6.83. The van der Waals surface area contributed by atoms with Gasteiger partial charge in [0.15, 0.2) is 0 Å². The molecule has 1 fully saturated rings. The van der Waals surface area contributed by atoms with E-state index < -0.39 is 5.54 Å². The Morgan fingerprint density at radius 2 is 2.00 bits per heavy atom. The second-order valence-corrected chi connectivity index (χ2v) is 6.79. The van der Waals surface area contributed by atoms with Gasteiger partial charge < -0.3 is 15.5 Å². The van der Waals surface area contributed by atoms with Gasteiger partial charge in [-0.1, -0.05) is 6.07 Å². The summed E-state index contributed by atoms with van der Waals surface area (Å²) >= 11 is 3.62. The monoisotopic (exact) mass is 339 g/mol. The molecule has 0 radical (unpaired) electrons. The number of anilines is 1. The number of nitrogens with zero attached hydrogens (tertiary/aromatic N) is 2. The third-order valence-electron chi connectivity index (χ3n) is 3.99. The lowest BCUT2D eigenvalue weighted by atomic mass is 9.96. The fourth-order valence-corrected chi connectivity index (χ4v) is 3.27. The van der Waals surface area contributed by atoms with Crippen LogP contribution in [-0.4, -0.2) is 36.5 Å². The number of benzene rings is 1. The molecule has 20 heavy (non-hydrogen) atoms. The van der Waals surface area contributed by atoms with Crippen molar-refractivity contribution in [3.63, 3.8) is 0 Å². The summed E-state index contributed by atoms with van der Waals surface area (Å²) in [6.07, 6.45) is 0. The lowest BCUT2D eigenvalue weighted by molar-refractivity contribution is -0.136. The van der Waals surface area contributed by atoms with Gasteiger partial charge in [0.1, 0.15) is 5.54 Å². The largest absolute Gasteiger partial charge is 0.355 e. The molecule has 0 saturated carbocycles. The van der Waals surface area contributed by atoms with Crippen LogP contribution in [0.2, 0.25) is 0 Å². The highest BCUT2D eigenvalue weighted by molar-refractivity contribution is 9.10. The zero-order valence-electron chi connectivity index (χ0n) is 12.5. The summed E-state index contributed by atoms with van der Waals surface area (Å²) < 4.78 is 0.984. The van der Waals surface area contributed by atoms with Crippen LogP contribution in [0.15, 0.2) is 22.7 Å². The Balaban J connectivity index is 2.39. The van der Waals surface area contributed by atoms with Gasteiger partial charge in [-0.25, -0.2) is 0 Å². The van der Waals surface area contributed by atoms with Crippen LogP contribution >= 0.6 is 15.9 Å². The second kappa shape index (κ2) is 5.37. The van der Waals surface area contributed by atoms with E-state index in [1.165, 1.54) is 0 Å². The highest BCUT2D eigenvalue weighted by Crippen LogP contribution is 2.35. The first kappa shape index (κ1) is 15.3. The average Bonchev–Trinajstić information content (AvgIpc) is 2.37. The highest BCUT2D eigenvalue weighted by atomic mass is 79.9. The summed E-state index contributed by atoms with van der Waals surface area (Å²) in [5.74, 6) is 0.145. The van der Waals surface area contributed by atoms with Crippen molar-refractivity contribution in [2.45, 2.75) is 32.4 Å². The molecule has 0 spiro atoms. The molecule has 1 heterocycles. The van der Waals surface area contributed by atoms with Crippen LogP contribution in [0.5, 0.6) is 0 Å². The van der Waals surface area contributed by atoms with Gasteiger partial charge in [0.2, 0.25) is 5.91 Å². The number of hydrogen-bond acceptors (Lipinski definition) is 3. The molecule has 1 unspecified atom stereocenters. The normalized spacial score (nSPS) is 20.2. The lowest BCUT2D eigenvalue weighted by Gasteiger charge is -2.46. The Hall–Kier alpha value is -1.07. The van der Waals surface area contributed by atoms with Gasteiger partial charge in [0.05, 0.1) is 5.69 Å². The van der Waals surface area contributed by atoms with Crippen LogP contribution in [0.4, 0.5) is 5.69 Å². The number of carbonyl (C=O) groups excluding carboxylic acids is 1. The summed E-state index contributed by atoms with van der Waals surface area (Å²) in [6.45, 7) is 7.47. The van der Waals surface area contributed by atoms with Gasteiger partial charge in [0, 0.05) is 30.7 Å². The summed E-state index contributed by atoms with van der Waals surface area (Å²) in [4.78, 5) is 16.3. The molecule has 1 amide bonds. The van der Waals surface area contributed by atoms with Crippen molar-refractivity contribution in [3.05, 3.63) is 28.2 Å². The molecule has 0 bridgehead atoms. The Labute approximate surface area is 129 Å². The Morgan fingerprint density at radius 3 is 2.55 bits per heavy atom. The Kier molecular flexibility index (Phi) is 4.12. The van der Waals surface area contributed by atoms with E-state index in [2.05, 4.69) is 20.8 Å². The van der Waals surface area contributed by atoms with Gasteiger partial charge >= 0.3 is 0 Å². The minimum absolute atomic E-state index is 0.00230. The second-order valence-electron chi connectivity index (χ2n) is 5.94. The van der Waals surface area contributed by atoms with Crippen LogP contribution < -0.4 is 10.6 Å². The van der Waals surface area contributed by atoms with Crippen LogP contribution in [-0.2, 0) is 4.79 Å². The molecule has 110 valence electrons. The molecule has 1 atom stereocenters. The smallest absolute Gasteiger partial charge is 0.247 e. The highest BCUT2D eigenvalue weighted by Gasteiger charge is 2.41. The van der Waals surface area contributed by atoms with E-state index in [1.807, 2.05) is 46.0 Å². The van der Waals surface area contributed by atoms with E-state index in [1.54, 1.807) is 4.90 Å². The van der Waals surface area contributed by atoms with Crippen molar-refractivity contribution in [1.82, 2.24) is 4.90 Å². The maximum Gasteiger partial charge on any atom is 0.247 e. The lowest BCUT2D eigenvalue weighted by Crippen LogP contribution is -2.62. The molecule has 1 saturated heterocycles. The van der Waals surface area contributed by atoms with Gasteiger partial charge in [-0.05, 0) is 54.4 Å². The molecule has 1 aromatic rings. The summed E-state index contributed by atoms with van der Waals surface area (Å²) in [5.41, 5.74) is 7.50. The summed E-state index contributed by atoms with van der Waals surface area (Å²) in [6, 6.07) is 6.12. The molecule has 0 aromatic heterocycles. The van der Waals surface area contributed by atoms with E-state index in [0.717, 1.165) is 28.8 Å². The summed E-state index contributed by atoms with van der Waals surface area (Å²) in [5, 5.41) is 0. The van der Waals surface area contributed by atoms with Crippen molar-refractivity contribution in [2.24, 2.45) is 5.73 Å². The fraction of sp³-hybridized carbons (Fsp3) is 0.533. The maximum atomic E-state index is 12.4. The standard InChI is InChI=1S/C15H22BrN3O/c1-10(17)11-5-6-13(12(16)9-11)19-8-7-18(4)14(20)15(19,2)3/h5-6,9-10H,7-8,17H2,1-4H3. The molecule has 2 N–H and O–H groups in total. The molecule has 5 heteroatoms. The van der Waals surface area contributed by atoms with Crippen molar-refractivity contribution in [1.29, 1.82) is 0 Å². The van der Waals surface area contributed by atoms with E-state index in [-0.39, 0.29) is 11.9 Å². The molecule has 1 aromatic carbocycles. The zero-order valence-corrected chi connectivity index (χ0v) is 14.1. The van der Waals surface area contributed by atoms with Gasteiger partial charge in [0.25, 0.3) is 0 Å². The van der Waals surface area contributed by atoms with E-state index in [4.69, 9.17) is 5.73 Å². The number of nitrogens with two attached hydrogens (primary N) is 1. The van der Waals surface area contributed by atoms with Crippen molar-refractivity contribution >= 4 is 27.5 Å². The maximum absolute atomic E-state index is 12.4. The number of rotatable bonds is 2. The third kappa shape index (κ3) is 2.56. The predicted octanol–water partition coefficient (Wildman–Crippen LogP) is 2.53. The van der Waals surface area contributed by atoms with Crippen LogP contribution in [0.25, 0.3) is 0 Å². The SMILES string of the molecule is CC(N)c1ccc(N2CCN(C)C(=O)C2(C)C)c(Br)c1. The predicted molar refractivity (Wildman–Crippen MR) is 85.8 cm³/mol. The quantitative estimate of drug-likeness (QED) is 0.900. The summed E-state index contributed by atoms with van der Waals surface area (Å²) in [7, 11) is 1.86. The number of hydrogen-bond donors (Lipinski definition) is 1. The number of carbonyl (C=O) groups is 1. The third-order valence-corrected chi connectivity index (χ3v) is 4.63. The van der Waals surface area contributed by atoms with Gasteiger partial charge in [-0.15, -0.1) is 0 Å². The molecule has 1 aliphatic heterocycles. The Morgan fingerprint density at radius 1 is 1.35 bits per heavy atom. The van der Waals surface area contributed by atoms with E-state index >= 15 is 0 Å².